The minimum Gasteiger partial charge on any atom is -0.480 e. The van der Waals surface area contributed by atoms with Crippen LogP contribution in [-0.2, 0) is 22.4 Å². The molecule has 2 rings (SSSR count). The van der Waals surface area contributed by atoms with Crippen LogP contribution in [0.5, 0.6) is 0 Å². The maximum Gasteiger partial charge on any atom is 0.321 e. The van der Waals surface area contributed by atoms with Crippen molar-refractivity contribution in [2.45, 2.75) is 24.9 Å². The van der Waals surface area contributed by atoms with Gasteiger partial charge in [0.15, 0.2) is 0 Å². The van der Waals surface area contributed by atoms with E-state index in [1.54, 1.807) is 0 Å². The van der Waals surface area contributed by atoms with Crippen LogP contribution >= 0.6 is 0 Å². The van der Waals surface area contributed by atoms with Crippen molar-refractivity contribution >= 4 is 12.3 Å². The fraction of sp³-hybridized carbons (Fsp3) is 0.263. The number of hydrogen-bond acceptors (Lipinski definition) is 4. The summed E-state index contributed by atoms with van der Waals surface area (Å²) in [6, 6.07) is 18.1. The van der Waals surface area contributed by atoms with Crippen molar-refractivity contribution < 1.29 is 14.7 Å². The summed E-state index contributed by atoms with van der Waals surface area (Å²) in [5.74, 6) is -0.911. The Bertz CT molecular complexity index is 632. The molecule has 0 heterocycles. The van der Waals surface area contributed by atoms with Crippen LogP contribution in [0.4, 0.5) is 0 Å². The molecule has 5 nitrogen and oxygen atoms in total. The maximum absolute atomic E-state index is 11.4. The molecule has 0 aliphatic carbocycles. The van der Waals surface area contributed by atoms with E-state index >= 15 is 0 Å². The largest absolute Gasteiger partial charge is 0.480 e. The van der Waals surface area contributed by atoms with E-state index in [1.807, 2.05) is 60.7 Å². The van der Waals surface area contributed by atoms with Crippen LogP contribution in [0.25, 0.3) is 0 Å². The Hall–Kier alpha value is -2.50. The van der Waals surface area contributed by atoms with Gasteiger partial charge in [0.25, 0.3) is 0 Å². The predicted octanol–water partition coefficient (Wildman–Crippen LogP) is 1.63. The Morgan fingerprint density at radius 3 is 1.96 bits per heavy atom. The van der Waals surface area contributed by atoms with E-state index in [0.29, 0.717) is 12.8 Å². The van der Waals surface area contributed by atoms with Gasteiger partial charge >= 0.3 is 5.97 Å². The molecule has 0 aliphatic rings. The SMILES string of the molecule is O=C[C@H](Cc1ccccc1)NCN[C@@H](Cc1ccccc1)C(=O)O. The number of aliphatic carboxylic acids is 1. The topological polar surface area (TPSA) is 78.4 Å². The lowest BCUT2D eigenvalue weighted by molar-refractivity contribution is -0.139. The van der Waals surface area contributed by atoms with E-state index in [2.05, 4.69) is 10.6 Å². The van der Waals surface area contributed by atoms with Crippen LogP contribution in [0.15, 0.2) is 60.7 Å². The third kappa shape index (κ3) is 5.95. The summed E-state index contributed by atoms with van der Waals surface area (Å²) >= 11 is 0. The minimum atomic E-state index is -0.911. The van der Waals surface area contributed by atoms with Gasteiger partial charge in [-0.05, 0) is 24.0 Å². The van der Waals surface area contributed by atoms with Gasteiger partial charge in [-0.25, -0.2) is 0 Å². The molecular formula is C19H22N2O3. The summed E-state index contributed by atoms with van der Waals surface area (Å²) in [6.07, 6.45) is 1.81. The van der Waals surface area contributed by atoms with E-state index in [-0.39, 0.29) is 12.7 Å². The van der Waals surface area contributed by atoms with Crippen molar-refractivity contribution in [3.63, 3.8) is 0 Å². The molecule has 2 aromatic rings. The number of carbonyl (C=O) groups excluding carboxylic acids is 1. The van der Waals surface area contributed by atoms with Crippen molar-refractivity contribution in [2.24, 2.45) is 0 Å². The minimum absolute atomic E-state index is 0.250. The summed E-state index contributed by atoms with van der Waals surface area (Å²) in [5.41, 5.74) is 2.01. The fourth-order valence-corrected chi connectivity index (χ4v) is 2.45. The zero-order chi connectivity index (χ0) is 17.2. The van der Waals surface area contributed by atoms with Crippen molar-refractivity contribution in [1.82, 2.24) is 10.6 Å². The monoisotopic (exact) mass is 326 g/mol. The first kappa shape index (κ1) is 17.8. The Kier molecular flexibility index (Phi) is 7.14. The second-order valence-electron chi connectivity index (χ2n) is 5.60. The van der Waals surface area contributed by atoms with Gasteiger partial charge in [0.2, 0.25) is 0 Å². The molecule has 0 aromatic heterocycles. The van der Waals surface area contributed by atoms with Gasteiger partial charge in [-0.2, -0.15) is 0 Å². The Labute approximate surface area is 141 Å². The highest BCUT2D eigenvalue weighted by Crippen LogP contribution is 2.04. The van der Waals surface area contributed by atoms with Gasteiger partial charge in [0.1, 0.15) is 12.3 Å². The zero-order valence-electron chi connectivity index (χ0n) is 13.4. The van der Waals surface area contributed by atoms with Crippen molar-refractivity contribution in [2.75, 3.05) is 6.67 Å². The Balaban J connectivity index is 1.82. The summed E-state index contributed by atoms with van der Waals surface area (Å²) < 4.78 is 0. The normalized spacial score (nSPS) is 13.2. The third-order valence-corrected chi connectivity index (χ3v) is 3.76. The quantitative estimate of drug-likeness (QED) is 0.457. The van der Waals surface area contributed by atoms with Gasteiger partial charge in [-0.3, -0.25) is 15.4 Å². The molecule has 0 saturated heterocycles. The van der Waals surface area contributed by atoms with Crippen LogP contribution in [0, 0.1) is 0 Å². The van der Waals surface area contributed by atoms with E-state index in [0.717, 1.165) is 17.4 Å². The van der Waals surface area contributed by atoms with Crippen molar-refractivity contribution in [3.8, 4) is 0 Å². The van der Waals surface area contributed by atoms with Gasteiger partial charge in [0.05, 0.1) is 6.04 Å². The number of rotatable bonds is 10. The Morgan fingerprint density at radius 1 is 0.917 bits per heavy atom. The molecule has 5 heteroatoms. The first-order chi connectivity index (χ1) is 11.7. The van der Waals surface area contributed by atoms with E-state index < -0.39 is 12.0 Å². The summed E-state index contributed by atoms with van der Waals surface area (Å²) in [6.45, 7) is 0.250. The highest BCUT2D eigenvalue weighted by atomic mass is 16.4. The molecular weight excluding hydrogens is 304 g/mol. The molecule has 0 unspecified atom stereocenters. The first-order valence-electron chi connectivity index (χ1n) is 7.91. The molecule has 3 N–H and O–H groups in total. The van der Waals surface area contributed by atoms with E-state index in [4.69, 9.17) is 0 Å². The number of aldehydes is 1. The molecule has 24 heavy (non-hydrogen) atoms. The lowest BCUT2D eigenvalue weighted by Crippen LogP contribution is -2.46. The van der Waals surface area contributed by atoms with E-state index in [9.17, 15) is 14.7 Å². The molecule has 126 valence electrons. The van der Waals surface area contributed by atoms with Crippen LogP contribution in [0.3, 0.4) is 0 Å². The van der Waals surface area contributed by atoms with Crippen LogP contribution in [0.1, 0.15) is 11.1 Å². The average molecular weight is 326 g/mol. The smallest absolute Gasteiger partial charge is 0.321 e. The molecule has 0 fully saturated rings. The second kappa shape index (κ2) is 9.60. The van der Waals surface area contributed by atoms with Crippen LogP contribution in [-0.4, -0.2) is 36.1 Å². The molecule has 0 saturated carbocycles. The van der Waals surface area contributed by atoms with Gasteiger partial charge < -0.3 is 9.90 Å². The zero-order valence-corrected chi connectivity index (χ0v) is 13.4. The second-order valence-corrected chi connectivity index (χ2v) is 5.60. The molecule has 0 spiro atoms. The molecule has 0 amide bonds. The van der Waals surface area contributed by atoms with E-state index in [1.165, 1.54) is 0 Å². The lowest BCUT2D eigenvalue weighted by atomic mass is 10.1. The first-order valence-corrected chi connectivity index (χ1v) is 7.91. The standard InChI is InChI=1S/C19H22N2O3/c22-13-17(11-15-7-3-1-4-8-15)20-14-21-18(19(23)24)12-16-9-5-2-6-10-16/h1-10,13,17-18,20-21H,11-12,14H2,(H,23,24)/t17-,18-/m0/s1. The lowest BCUT2D eigenvalue weighted by Gasteiger charge is -2.18. The summed E-state index contributed by atoms with van der Waals surface area (Å²) in [4.78, 5) is 22.6. The van der Waals surface area contributed by atoms with Crippen molar-refractivity contribution in [3.05, 3.63) is 71.8 Å². The number of hydrogen-bond donors (Lipinski definition) is 3. The number of benzene rings is 2. The number of carboxylic acid groups (broad SMARTS) is 1. The number of nitrogens with one attached hydrogen (secondary N) is 2. The molecule has 0 radical (unpaired) electrons. The number of carbonyl (C=O) groups is 2. The fourth-order valence-electron chi connectivity index (χ4n) is 2.45. The molecule has 2 aromatic carbocycles. The van der Waals surface area contributed by atoms with Crippen LogP contribution < -0.4 is 10.6 Å². The van der Waals surface area contributed by atoms with Crippen molar-refractivity contribution in [1.29, 1.82) is 0 Å². The predicted molar refractivity (Wildman–Crippen MR) is 92.7 cm³/mol. The Morgan fingerprint density at radius 2 is 1.46 bits per heavy atom. The van der Waals surface area contributed by atoms with Gasteiger partial charge in [-0.1, -0.05) is 60.7 Å². The molecule has 0 bridgehead atoms. The molecule has 2 atom stereocenters. The summed E-state index contributed by atoms with van der Waals surface area (Å²) in [7, 11) is 0. The average Bonchev–Trinajstić information content (AvgIpc) is 2.61. The number of carboxylic acids is 1. The third-order valence-electron chi connectivity index (χ3n) is 3.76. The summed E-state index contributed by atoms with van der Waals surface area (Å²) in [5, 5.41) is 15.3. The maximum atomic E-state index is 11.4. The highest BCUT2D eigenvalue weighted by molar-refractivity contribution is 5.73. The van der Waals surface area contributed by atoms with Gasteiger partial charge in [-0.15, -0.1) is 0 Å². The molecule has 0 aliphatic heterocycles. The highest BCUT2D eigenvalue weighted by Gasteiger charge is 2.17. The van der Waals surface area contributed by atoms with Gasteiger partial charge in [0, 0.05) is 6.67 Å². The van der Waals surface area contributed by atoms with Crippen LogP contribution in [0.2, 0.25) is 0 Å².